The van der Waals surface area contributed by atoms with Gasteiger partial charge in [-0.2, -0.15) is 5.10 Å². The number of nitrogens with one attached hydrogen (secondary N) is 2. The lowest BCUT2D eigenvalue weighted by Gasteiger charge is -2.19. The van der Waals surface area contributed by atoms with Crippen molar-refractivity contribution in [2.24, 2.45) is 12.0 Å². The number of aromatic nitrogens is 2. The highest BCUT2D eigenvalue weighted by Crippen LogP contribution is 2.17. The summed E-state index contributed by atoms with van der Waals surface area (Å²) in [7, 11) is 3.70. The molecule has 0 bridgehead atoms. The SMILES string of the molecule is CCN(CC)CCOc1ccccc1CNC(=NC)NCc1ccnn1C.I. The summed E-state index contributed by atoms with van der Waals surface area (Å²) < 4.78 is 7.86. The van der Waals surface area contributed by atoms with E-state index < -0.39 is 0 Å². The first kappa shape index (κ1) is 24.2. The molecule has 2 rings (SSSR count). The Kier molecular flexibility index (Phi) is 11.6. The molecule has 28 heavy (non-hydrogen) atoms. The van der Waals surface area contributed by atoms with Crippen LogP contribution in [0.4, 0.5) is 0 Å². The fraction of sp³-hybridized carbons (Fsp3) is 0.500. The summed E-state index contributed by atoms with van der Waals surface area (Å²) in [6.07, 6.45) is 1.79. The number of ether oxygens (including phenoxy) is 1. The molecular weight excluding hydrogens is 467 g/mol. The summed E-state index contributed by atoms with van der Waals surface area (Å²) >= 11 is 0. The van der Waals surface area contributed by atoms with Crippen molar-refractivity contribution in [3.8, 4) is 5.75 Å². The molecule has 8 heteroatoms. The number of para-hydroxylation sites is 1. The molecule has 0 radical (unpaired) electrons. The fourth-order valence-corrected chi connectivity index (χ4v) is 2.76. The molecule has 0 aliphatic heterocycles. The Bertz CT molecular complexity index is 714. The third-order valence-electron chi connectivity index (χ3n) is 4.56. The molecule has 0 aliphatic rings. The third kappa shape index (κ3) is 7.67. The van der Waals surface area contributed by atoms with Gasteiger partial charge in [-0.25, -0.2) is 0 Å². The maximum absolute atomic E-state index is 6.02. The van der Waals surface area contributed by atoms with E-state index in [1.54, 1.807) is 13.2 Å². The molecule has 1 aromatic carbocycles. The van der Waals surface area contributed by atoms with Crippen LogP contribution in [0.2, 0.25) is 0 Å². The molecule has 2 aromatic rings. The van der Waals surface area contributed by atoms with Crippen molar-refractivity contribution in [1.29, 1.82) is 0 Å². The molecule has 0 saturated carbocycles. The van der Waals surface area contributed by atoms with E-state index in [2.05, 4.69) is 45.5 Å². The van der Waals surface area contributed by atoms with Gasteiger partial charge >= 0.3 is 0 Å². The Balaban J connectivity index is 0.00000392. The number of aryl methyl sites for hydroxylation is 1. The molecule has 0 amide bonds. The maximum atomic E-state index is 6.02. The zero-order chi connectivity index (χ0) is 19.5. The zero-order valence-electron chi connectivity index (χ0n) is 17.3. The van der Waals surface area contributed by atoms with Gasteiger partial charge < -0.3 is 20.3 Å². The van der Waals surface area contributed by atoms with Gasteiger partial charge in [0.25, 0.3) is 0 Å². The summed E-state index contributed by atoms with van der Waals surface area (Å²) in [6.45, 7) is 9.36. The van der Waals surface area contributed by atoms with Crippen molar-refractivity contribution in [3.63, 3.8) is 0 Å². The Morgan fingerprint density at radius 1 is 1.14 bits per heavy atom. The van der Waals surface area contributed by atoms with Crippen molar-refractivity contribution < 1.29 is 4.74 Å². The minimum absolute atomic E-state index is 0. The lowest BCUT2D eigenvalue weighted by Crippen LogP contribution is -2.36. The third-order valence-corrected chi connectivity index (χ3v) is 4.56. The smallest absolute Gasteiger partial charge is 0.191 e. The van der Waals surface area contributed by atoms with E-state index in [-0.39, 0.29) is 24.0 Å². The van der Waals surface area contributed by atoms with Crippen LogP contribution < -0.4 is 15.4 Å². The van der Waals surface area contributed by atoms with Crippen molar-refractivity contribution in [1.82, 2.24) is 25.3 Å². The van der Waals surface area contributed by atoms with Crippen molar-refractivity contribution in [3.05, 3.63) is 47.8 Å². The summed E-state index contributed by atoms with van der Waals surface area (Å²) in [5.41, 5.74) is 2.21. The lowest BCUT2D eigenvalue weighted by molar-refractivity contribution is 0.221. The van der Waals surface area contributed by atoms with Crippen LogP contribution in [0.3, 0.4) is 0 Å². The highest BCUT2D eigenvalue weighted by atomic mass is 127. The number of guanidine groups is 1. The number of hydrogen-bond donors (Lipinski definition) is 2. The molecule has 1 aromatic heterocycles. The molecule has 156 valence electrons. The van der Waals surface area contributed by atoms with Gasteiger partial charge in [0.15, 0.2) is 5.96 Å². The van der Waals surface area contributed by atoms with Crippen LogP contribution in [0.5, 0.6) is 5.75 Å². The van der Waals surface area contributed by atoms with E-state index in [0.29, 0.717) is 19.7 Å². The van der Waals surface area contributed by atoms with Crippen molar-refractivity contribution in [2.75, 3.05) is 33.3 Å². The average molecular weight is 500 g/mol. The van der Waals surface area contributed by atoms with Gasteiger partial charge in [-0.05, 0) is 25.2 Å². The summed E-state index contributed by atoms with van der Waals surface area (Å²) in [5, 5.41) is 10.8. The van der Waals surface area contributed by atoms with E-state index >= 15 is 0 Å². The molecule has 0 fully saturated rings. The van der Waals surface area contributed by atoms with E-state index in [0.717, 1.165) is 42.6 Å². The topological polar surface area (TPSA) is 66.7 Å². The summed E-state index contributed by atoms with van der Waals surface area (Å²) in [4.78, 5) is 6.64. The Labute approximate surface area is 185 Å². The normalized spacial score (nSPS) is 11.2. The summed E-state index contributed by atoms with van der Waals surface area (Å²) in [5.74, 6) is 1.66. The standard InChI is InChI=1S/C20H32N6O.HI/c1-5-26(6-2)13-14-27-19-10-8-7-9-17(19)15-22-20(21-3)23-16-18-11-12-24-25(18)4;/h7-12H,5-6,13-16H2,1-4H3,(H2,21,22,23);1H. The molecule has 1 heterocycles. The number of rotatable bonds is 10. The quantitative estimate of drug-likeness (QED) is 0.298. The number of hydrogen-bond acceptors (Lipinski definition) is 4. The predicted octanol–water partition coefficient (Wildman–Crippen LogP) is 2.62. The second-order valence-electron chi connectivity index (χ2n) is 6.21. The first-order chi connectivity index (χ1) is 13.2. The minimum Gasteiger partial charge on any atom is -0.492 e. The Morgan fingerprint density at radius 3 is 2.50 bits per heavy atom. The van der Waals surface area contributed by atoms with Gasteiger partial charge in [0.2, 0.25) is 0 Å². The molecule has 0 atom stereocenters. The number of nitrogens with zero attached hydrogens (tertiary/aromatic N) is 4. The molecule has 0 unspecified atom stereocenters. The van der Waals surface area contributed by atoms with Crippen LogP contribution in [-0.2, 0) is 20.1 Å². The highest BCUT2D eigenvalue weighted by molar-refractivity contribution is 14.0. The largest absolute Gasteiger partial charge is 0.492 e. The summed E-state index contributed by atoms with van der Waals surface area (Å²) in [6, 6.07) is 10.1. The van der Waals surface area contributed by atoms with Gasteiger partial charge in [-0.3, -0.25) is 9.67 Å². The maximum Gasteiger partial charge on any atom is 0.191 e. The molecule has 0 aliphatic carbocycles. The van der Waals surface area contributed by atoms with E-state index in [4.69, 9.17) is 4.74 Å². The van der Waals surface area contributed by atoms with Gasteiger partial charge in [0, 0.05) is 38.9 Å². The first-order valence-corrected chi connectivity index (χ1v) is 9.52. The first-order valence-electron chi connectivity index (χ1n) is 9.52. The van der Waals surface area contributed by atoms with Crippen molar-refractivity contribution in [2.45, 2.75) is 26.9 Å². The molecule has 0 spiro atoms. The average Bonchev–Trinajstić information content (AvgIpc) is 3.11. The molecule has 2 N–H and O–H groups in total. The van der Waals surface area contributed by atoms with E-state index in [1.165, 1.54) is 0 Å². The Morgan fingerprint density at radius 2 is 1.86 bits per heavy atom. The molecule has 0 saturated heterocycles. The predicted molar refractivity (Wildman–Crippen MR) is 125 cm³/mol. The monoisotopic (exact) mass is 500 g/mol. The lowest BCUT2D eigenvalue weighted by atomic mass is 10.2. The van der Waals surface area contributed by atoms with E-state index in [1.807, 2.05) is 36.0 Å². The van der Waals surface area contributed by atoms with Crippen LogP contribution in [0, 0.1) is 0 Å². The van der Waals surface area contributed by atoms with Gasteiger partial charge in [0.05, 0.1) is 12.2 Å². The van der Waals surface area contributed by atoms with Gasteiger partial charge in [0.1, 0.15) is 12.4 Å². The van der Waals surface area contributed by atoms with Crippen LogP contribution >= 0.6 is 24.0 Å². The molecular formula is C20H33IN6O. The van der Waals surface area contributed by atoms with Crippen molar-refractivity contribution >= 4 is 29.9 Å². The zero-order valence-corrected chi connectivity index (χ0v) is 19.6. The minimum atomic E-state index is 0. The number of benzene rings is 1. The number of likely N-dealkylation sites (N-methyl/N-ethyl adjacent to an activating group) is 1. The fourth-order valence-electron chi connectivity index (χ4n) is 2.76. The second-order valence-corrected chi connectivity index (χ2v) is 6.21. The number of halogens is 1. The van der Waals surface area contributed by atoms with E-state index in [9.17, 15) is 0 Å². The van der Waals surface area contributed by atoms with Crippen LogP contribution in [0.1, 0.15) is 25.1 Å². The molecule has 7 nitrogen and oxygen atoms in total. The van der Waals surface area contributed by atoms with Gasteiger partial charge in [-0.15, -0.1) is 24.0 Å². The Hall–Kier alpha value is -1.81. The van der Waals surface area contributed by atoms with Crippen LogP contribution in [0.25, 0.3) is 0 Å². The second kappa shape index (κ2) is 13.4. The van der Waals surface area contributed by atoms with Gasteiger partial charge in [-0.1, -0.05) is 32.0 Å². The highest BCUT2D eigenvalue weighted by Gasteiger charge is 2.06. The van der Waals surface area contributed by atoms with Crippen LogP contribution in [-0.4, -0.2) is 53.9 Å². The van der Waals surface area contributed by atoms with Crippen LogP contribution in [0.15, 0.2) is 41.5 Å². The number of aliphatic imine (C=N–C) groups is 1.